The second kappa shape index (κ2) is 6.11. The molecule has 0 bridgehead atoms. The number of hydrogen-bond acceptors (Lipinski definition) is 3. The summed E-state index contributed by atoms with van der Waals surface area (Å²) in [5.41, 5.74) is -0.625. The lowest BCUT2D eigenvalue weighted by molar-refractivity contribution is 0.370. The number of thioether (sulfide) groups is 1. The number of nitrogens with one attached hydrogen (secondary N) is 1. The predicted molar refractivity (Wildman–Crippen MR) is 76.4 cm³/mol. The molecule has 1 aromatic rings. The molecule has 0 aromatic heterocycles. The first-order valence-corrected chi connectivity index (χ1v) is 7.72. The molecule has 0 aliphatic heterocycles. The van der Waals surface area contributed by atoms with Gasteiger partial charge in [0, 0.05) is 22.8 Å². The summed E-state index contributed by atoms with van der Waals surface area (Å²) >= 11 is 1.27. The molecule has 2 rings (SSSR count). The topological polar surface area (TPSA) is 35.8 Å². The van der Waals surface area contributed by atoms with Crippen LogP contribution >= 0.6 is 11.8 Å². The van der Waals surface area contributed by atoms with E-state index in [0.717, 1.165) is 18.9 Å². The highest BCUT2D eigenvalue weighted by atomic mass is 32.2. The smallest absolute Gasteiger partial charge is 0.139 e. The number of rotatable bonds is 6. The van der Waals surface area contributed by atoms with Gasteiger partial charge < -0.3 is 0 Å². The zero-order valence-corrected chi connectivity index (χ0v) is 12.4. The Kier molecular flexibility index (Phi) is 4.66. The third-order valence-corrected chi connectivity index (χ3v) is 4.61. The first-order valence-electron chi connectivity index (χ1n) is 6.73. The van der Waals surface area contributed by atoms with E-state index in [1.54, 1.807) is 0 Å². The van der Waals surface area contributed by atoms with Gasteiger partial charge in [-0.2, -0.15) is 5.26 Å². The van der Waals surface area contributed by atoms with Crippen molar-refractivity contribution < 1.29 is 8.78 Å². The van der Waals surface area contributed by atoms with Gasteiger partial charge in [-0.05, 0) is 44.7 Å². The van der Waals surface area contributed by atoms with Crippen LogP contribution in [0.5, 0.6) is 0 Å². The summed E-state index contributed by atoms with van der Waals surface area (Å²) in [6, 6.07) is 6.12. The summed E-state index contributed by atoms with van der Waals surface area (Å²) in [6.07, 6.45) is 2.06. The fourth-order valence-corrected chi connectivity index (χ4v) is 3.44. The highest BCUT2D eigenvalue weighted by Gasteiger charge is 2.46. The molecule has 1 aromatic carbocycles. The zero-order chi connectivity index (χ0) is 14.8. The van der Waals surface area contributed by atoms with E-state index in [-0.39, 0.29) is 6.04 Å². The van der Waals surface area contributed by atoms with Crippen LogP contribution in [-0.4, -0.2) is 17.3 Å². The van der Waals surface area contributed by atoms with Crippen molar-refractivity contribution in [2.24, 2.45) is 5.92 Å². The van der Waals surface area contributed by atoms with Gasteiger partial charge in [0.15, 0.2) is 0 Å². The molecular weight excluding hydrogens is 278 g/mol. The van der Waals surface area contributed by atoms with Crippen LogP contribution in [0.2, 0.25) is 0 Å². The van der Waals surface area contributed by atoms with Gasteiger partial charge in [0.25, 0.3) is 0 Å². The van der Waals surface area contributed by atoms with Gasteiger partial charge in [-0.15, -0.1) is 11.8 Å². The van der Waals surface area contributed by atoms with Crippen LogP contribution in [-0.2, 0) is 0 Å². The van der Waals surface area contributed by atoms with E-state index < -0.39 is 17.2 Å². The van der Waals surface area contributed by atoms with Gasteiger partial charge in [-0.3, -0.25) is 5.32 Å². The lowest BCUT2D eigenvalue weighted by atomic mass is 9.96. The van der Waals surface area contributed by atoms with Crippen LogP contribution in [0.25, 0.3) is 0 Å². The molecule has 1 fully saturated rings. The molecule has 1 aliphatic rings. The van der Waals surface area contributed by atoms with Gasteiger partial charge in [0.2, 0.25) is 0 Å². The van der Waals surface area contributed by atoms with E-state index >= 15 is 0 Å². The zero-order valence-electron chi connectivity index (χ0n) is 11.6. The minimum absolute atomic E-state index is 0.189. The van der Waals surface area contributed by atoms with Crippen molar-refractivity contribution in [1.29, 1.82) is 5.26 Å². The number of nitrogens with zero attached hydrogens (tertiary/aromatic N) is 1. The fourth-order valence-electron chi connectivity index (χ4n) is 2.31. The van der Waals surface area contributed by atoms with Crippen LogP contribution < -0.4 is 5.32 Å². The first kappa shape index (κ1) is 15.3. The number of hydrogen-bond donors (Lipinski definition) is 1. The summed E-state index contributed by atoms with van der Waals surface area (Å²) in [5, 5.41) is 12.9. The SMILES string of the molecule is CC(C)NC(C#N)(CSc1ccc(F)cc1F)C1CC1. The van der Waals surface area contributed by atoms with E-state index in [4.69, 9.17) is 0 Å². The normalized spacial score (nSPS) is 17.8. The summed E-state index contributed by atoms with van der Waals surface area (Å²) in [7, 11) is 0. The Balaban J connectivity index is 2.11. The summed E-state index contributed by atoms with van der Waals surface area (Å²) in [5.74, 6) is -0.358. The first-order chi connectivity index (χ1) is 9.47. The van der Waals surface area contributed by atoms with E-state index in [0.29, 0.717) is 16.6 Å². The van der Waals surface area contributed by atoms with Crippen LogP contribution in [0, 0.1) is 28.9 Å². The molecule has 1 N–H and O–H groups in total. The van der Waals surface area contributed by atoms with Crippen LogP contribution in [0.4, 0.5) is 8.78 Å². The highest BCUT2D eigenvalue weighted by Crippen LogP contribution is 2.42. The molecule has 0 amide bonds. The average molecular weight is 296 g/mol. The Morgan fingerprint density at radius 3 is 2.65 bits per heavy atom. The molecule has 0 heterocycles. The Hall–Kier alpha value is -1.12. The molecule has 20 heavy (non-hydrogen) atoms. The van der Waals surface area contributed by atoms with Crippen LogP contribution in [0.3, 0.4) is 0 Å². The van der Waals surface area contributed by atoms with Crippen molar-refractivity contribution in [3.63, 3.8) is 0 Å². The Morgan fingerprint density at radius 1 is 1.45 bits per heavy atom. The largest absolute Gasteiger partial charge is 0.296 e. The standard InChI is InChI=1S/C15H18F2N2S/c1-10(2)19-15(8-18,11-3-4-11)9-20-14-6-5-12(16)7-13(14)17/h5-7,10-11,19H,3-4,9H2,1-2H3. The Labute approximate surface area is 122 Å². The average Bonchev–Trinajstić information content (AvgIpc) is 3.20. The van der Waals surface area contributed by atoms with Gasteiger partial charge in [-0.1, -0.05) is 0 Å². The molecule has 1 atom stereocenters. The minimum Gasteiger partial charge on any atom is -0.296 e. The molecular formula is C15H18F2N2S. The van der Waals surface area contributed by atoms with E-state index in [9.17, 15) is 14.0 Å². The monoisotopic (exact) mass is 296 g/mol. The lowest BCUT2D eigenvalue weighted by Crippen LogP contribution is -2.51. The van der Waals surface area contributed by atoms with Gasteiger partial charge in [-0.25, -0.2) is 8.78 Å². The molecule has 0 radical (unpaired) electrons. The Morgan fingerprint density at radius 2 is 2.15 bits per heavy atom. The molecule has 0 saturated heterocycles. The molecule has 1 unspecified atom stereocenters. The number of nitriles is 1. The maximum absolute atomic E-state index is 13.6. The predicted octanol–water partition coefficient (Wildman–Crippen LogP) is 3.73. The molecule has 2 nitrogen and oxygen atoms in total. The quantitative estimate of drug-likeness (QED) is 0.813. The third-order valence-electron chi connectivity index (χ3n) is 3.37. The second-order valence-corrected chi connectivity index (χ2v) is 6.54. The fraction of sp³-hybridized carbons (Fsp3) is 0.533. The second-order valence-electron chi connectivity index (χ2n) is 5.52. The van der Waals surface area contributed by atoms with Crippen molar-refractivity contribution in [3.8, 4) is 6.07 Å². The van der Waals surface area contributed by atoms with Crippen molar-refractivity contribution >= 4 is 11.8 Å². The van der Waals surface area contributed by atoms with E-state index in [2.05, 4.69) is 11.4 Å². The maximum atomic E-state index is 13.6. The van der Waals surface area contributed by atoms with Gasteiger partial charge in [0.05, 0.1) is 6.07 Å². The molecule has 108 valence electrons. The summed E-state index contributed by atoms with van der Waals surface area (Å²) in [6.45, 7) is 4.00. The van der Waals surface area contributed by atoms with Crippen LogP contribution in [0.1, 0.15) is 26.7 Å². The number of benzene rings is 1. The highest BCUT2D eigenvalue weighted by molar-refractivity contribution is 7.99. The number of halogens is 2. The summed E-state index contributed by atoms with van der Waals surface area (Å²) in [4.78, 5) is 0.386. The molecule has 0 spiro atoms. The van der Waals surface area contributed by atoms with Crippen molar-refractivity contribution in [1.82, 2.24) is 5.32 Å². The van der Waals surface area contributed by atoms with Crippen LogP contribution in [0.15, 0.2) is 23.1 Å². The van der Waals surface area contributed by atoms with Crippen molar-refractivity contribution in [3.05, 3.63) is 29.8 Å². The molecule has 5 heteroatoms. The molecule has 1 saturated carbocycles. The summed E-state index contributed by atoms with van der Waals surface area (Å²) < 4.78 is 26.5. The Bertz CT molecular complexity index is 523. The van der Waals surface area contributed by atoms with Crippen molar-refractivity contribution in [2.45, 2.75) is 43.2 Å². The van der Waals surface area contributed by atoms with Gasteiger partial charge in [0.1, 0.15) is 17.2 Å². The molecule has 1 aliphatic carbocycles. The maximum Gasteiger partial charge on any atom is 0.139 e. The minimum atomic E-state index is -0.625. The van der Waals surface area contributed by atoms with E-state index in [1.165, 1.54) is 23.9 Å². The van der Waals surface area contributed by atoms with Gasteiger partial charge >= 0.3 is 0 Å². The van der Waals surface area contributed by atoms with Crippen molar-refractivity contribution in [2.75, 3.05) is 5.75 Å². The lowest BCUT2D eigenvalue weighted by Gasteiger charge is -2.30. The third kappa shape index (κ3) is 3.50. The van der Waals surface area contributed by atoms with E-state index in [1.807, 2.05) is 13.8 Å².